The van der Waals surface area contributed by atoms with Crippen LogP contribution >= 0.6 is 0 Å². The van der Waals surface area contributed by atoms with Crippen LogP contribution in [0.1, 0.15) is 30.8 Å². The van der Waals surface area contributed by atoms with E-state index < -0.39 is 0 Å². The van der Waals surface area contributed by atoms with Gasteiger partial charge in [-0.3, -0.25) is 9.48 Å². The topological polar surface area (TPSA) is 96.7 Å². The average molecular weight is 267 g/mol. The highest BCUT2D eigenvalue weighted by Crippen LogP contribution is 2.06. The summed E-state index contributed by atoms with van der Waals surface area (Å²) in [4.78, 5) is 14.0. The fraction of sp³-hybridized carbons (Fsp3) is 0.583. The highest BCUT2D eigenvalue weighted by molar-refractivity contribution is 5.92. The first-order chi connectivity index (χ1) is 8.93. The number of carbonyl (C=O) groups excluding carboxylic acids is 1. The highest BCUT2D eigenvalue weighted by Gasteiger charge is 2.19. The smallest absolute Gasteiger partial charge is 0.274 e. The van der Waals surface area contributed by atoms with Crippen LogP contribution in [0.15, 0.2) is 17.4 Å². The van der Waals surface area contributed by atoms with Crippen molar-refractivity contribution >= 4 is 11.7 Å². The first kappa shape index (κ1) is 15.0. The lowest BCUT2D eigenvalue weighted by Gasteiger charge is -2.23. The third-order valence-corrected chi connectivity index (χ3v) is 2.57. The third kappa shape index (κ3) is 4.61. The van der Waals surface area contributed by atoms with Gasteiger partial charge < -0.3 is 15.8 Å². The van der Waals surface area contributed by atoms with Crippen LogP contribution in [0.4, 0.5) is 0 Å². The van der Waals surface area contributed by atoms with Crippen molar-refractivity contribution in [2.24, 2.45) is 23.9 Å². The first-order valence-corrected chi connectivity index (χ1v) is 6.19. The quantitative estimate of drug-likeness (QED) is 0.342. The number of amides is 1. The van der Waals surface area contributed by atoms with Crippen molar-refractivity contribution in [2.75, 3.05) is 13.1 Å². The zero-order valence-corrected chi connectivity index (χ0v) is 11.6. The summed E-state index contributed by atoms with van der Waals surface area (Å²) in [7, 11) is 1.76. The van der Waals surface area contributed by atoms with Gasteiger partial charge >= 0.3 is 0 Å². The molecular formula is C12H21N5O2. The van der Waals surface area contributed by atoms with Crippen molar-refractivity contribution in [3.8, 4) is 0 Å². The van der Waals surface area contributed by atoms with Gasteiger partial charge in [0.2, 0.25) is 0 Å². The summed E-state index contributed by atoms with van der Waals surface area (Å²) < 4.78 is 1.59. The molecule has 0 saturated heterocycles. The van der Waals surface area contributed by atoms with Crippen LogP contribution in [0.2, 0.25) is 0 Å². The molecule has 0 saturated carbocycles. The normalized spacial score (nSPS) is 11.9. The fourth-order valence-corrected chi connectivity index (χ4v) is 1.71. The van der Waals surface area contributed by atoms with Crippen LogP contribution in [0.25, 0.3) is 0 Å². The van der Waals surface area contributed by atoms with E-state index in [-0.39, 0.29) is 11.7 Å². The number of aryl methyl sites for hydroxylation is 1. The van der Waals surface area contributed by atoms with Gasteiger partial charge in [0.15, 0.2) is 0 Å². The molecule has 0 fully saturated rings. The Morgan fingerprint density at radius 1 is 1.63 bits per heavy atom. The van der Waals surface area contributed by atoms with Crippen LogP contribution in [0.3, 0.4) is 0 Å². The molecular weight excluding hydrogens is 246 g/mol. The second kappa shape index (κ2) is 6.77. The molecule has 0 radical (unpaired) electrons. The monoisotopic (exact) mass is 267 g/mol. The molecule has 0 unspecified atom stereocenters. The first-order valence-electron chi connectivity index (χ1n) is 6.19. The number of amidine groups is 1. The molecule has 0 bridgehead atoms. The summed E-state index contributed by atoms with van der Waals surface area (Å²) in [5.74, 6) is 0.308. The maximum atomic E-state index is 12.3. The van der Waals surface area contributed by atoms with E-state index in [0.29, 0.717) is 31.1 Å². The molecule has 1 heterocycles. The molecule has 1 amide bonds. The molecule has 0 aliphatic heterocycles. The number of aromatic nitrogens is 2. The van der Waals surface area contributed by atoms with Crippen molar-refractivity contribution in [1.82, 2.24) is 14.7 Å². The number of rotatable bonds is 6. The van der Waals surface area contributed by atoms with Gasteiger partial charge in [-0.15, -0.1) is 0 Å². The summed E-state index contributed by atoms with van der Waals surface area (Å²) in [5.41, 5.74) is 5.84. The van der Waals surface area contributed by atoms with Crippen LogP contribution in [-0.4, -0.2) is 44.7 Å². The zero-order valence-electron chi connectivity index (χ0n) is 11.6. The number of oxime groups is 1. The molecule has 0 aliphatic carbocycles. The summed E-state index contributed by atoms with van der Waals surface area (Å²) >= 11 is 0. The van der Waals surface area contributed by atoms with E-state index in [2.05, 4.69) is 10.3 Å². The van der Waals surface area contributed by atoms with Gasteiger partial charge in [0.1, 0.15) is 11.5 Å². The summed E-state index contributed by atoms with van der Waals surface area (Å²) in [6.07, 6.45) is 2.06. The predicted molar refractivity (Wildman–Crippen MR) is 72.0 cm³/mol. The second-order valence-electron chi connectivity index (χ2n) is 4.86. The van der Waals surface area contributed by atoms with Gasteiger partial charge in [-0.1, -0.05) is 19.0 Å². The highest BCUT2D eigenvalue weighted by atomic mass is 16.4. The Morgan fingerprint density at radius 2 is 2.32 bits per heavy atom. The van der Waals surface area contributed by atoms with Gasteiger partial charge in [-0.05, 0) is 12.0 Å². The molecule has 0 atom stereocenters. The van der Waals surface area contributed by atoms with Gasteiger partial charge in [0.05, 0.1) is 0 Å². The summed E-state index contributed by atoms with van der Waals surface area (Å²) in [6.45, 7) is 5.07. The molecule has 0 aliphatic rings. The largest absolute Gasteiger partial charge is 0.409 e. The Bertz CT molecular complexity index is 453. The Kier molecular flexibility index (Phi) is 5.35. The summed E-state index contributed by atoms with van der Waals surface area (Å²) in [6, 6.07) is 1.68. The van der Waals surface area contributed by atoms with E-state index in [1.54, 1.807) is 28.9 Å². The third-order valence-electron chi connectivity index (χ3n) is 2.57. The molecule has 3 N–H and O–H groups in total. The lowest BCUT2D eigenvalue weighted by atomic mass is 10.2. The SMILES string of the molecule is CC(C)CN(CC/C(N)=N/O)C(=O)c1ccn(C)n1. The van der Waals surface area contributed by atoms with E-state index in [0.717, 1.165) is 0 Å². The Hall–Kier alpha value is -2.05. The molecule has 0 spiro atoms. The van der Waals surface area contributed by atoms with Crippen molar-refractivity contribution < 1.29 is 10.0 Å². The molecule has 1 aromatic heterocycles. The number of nitrogens with zero attached hydrogens (tertiary/aromatic N) is 4. The van der Waals surface area contributed by atoms with E-state index in [1.807, 2.05) is 13.8 Å². The van der Waals surface area contributed by atoms with Gasteiger partial charge in [-0.2, -0.15) is 5.10 Å². The number of hydrogen-bond acceptors (Lipinski definition) is 4. The molecule has 7 nitrogen and oxygen atoms in total. The van der Waals surface area contributed by atoms with Gasteiger partial charge in [-0.25, -0.2) is 0 Å². The minimum Gasteiger partial charge on any atom is -0.409 e. The zero-order chi connectivity index (χ0) is 14.4. The number of carbonyl (C=O) groups is 1. The molecule has 7 heteroatoms. The van der Waals surface area contributed by atoms with Gasteiger partial charge in [0, 0.05) is 32.8 Å². The molecule has 1 aromatic rings. The lowest BCUT2D eigenvalue weighted by Crippen LogP contribution is -2.37. The molecule has 0 aromatic carbocycles. The predicted octanol–water partition coefficient (Wildman–Crippen LogP) is 0.655. The fourth-order valence-electron chi connectivity index (χ4n) is 1.71. The number of hydrogen-bond donors (Lipinski definition) is 2. The van der Waals surface area contributed by atoms with Crippen molar-refractivity contribution in [1.29, 1.82) is 0 Å². The Balaban J connectivity index is 2.75. The minimum atomic E-state index is -0.139. The minimum absolute atomic E-state index is 0.113. The standard InChI is InChI=1S/C12H21N5O2/c1-9(2)8-17(7-5-11(13)15-19)12(18)10-4-6-16(3)14-10/h4,6,9,19H,5,7-8H2,1-3H3,(H2,13,15). The van der Waals surface area contributed by atoms with E-state index in [4.69, 9.17) is 10.9 Å². The molecule has 1 rings (SSSR count). The van der Waals surface area contributed by atoms with Crippen molar-refractivity contribution in [3.05, 3.63) is 18.0 Å². The van der Waals surface area contributed by atoms with E-state index in [9.17, 15) is 4.79 Å². The second-order valence-corrected chi connectivity index (χ2v) is 4.86. The number of nitrogens with two attached hydrogens (primary N) is 1. The molecule has 19 heavy (non-hydrogen) atoms. The molecule has 106 valence electrons. The van der Waals surface area contributed by atoms with Gasteiger partial charge in [0.25, 0.3) is 5.91 Å². The lowest BCUT2D eigenvalue weighted by molar-refractivity contribution is 0.0734. The van der Waals surface area contributed by atoms with E-state index >= 15 is 0 Å². The average Bonchev–Trinajstić information content (AvgIpc) is 2.79. The van der Waals surface area contributed by atoms with E-state index in [1.165, 1.54) is 0 Å². The van der Waals surface area contributed by atoms with Crippen molar-refractivity contribution in [3.63, 3.8) is 0 Å². The van der Waals surface area contributed by atoms with Crippen LogP contribution in [0.5, 0.6) is 0 Å². The maximum absolute atomic E-state index is 12.3. The van der Waals surface area contributed by atoms with Crippen LogP contribution in [0, 0.1) is 5.92 Å². The Morgan fingerprint density at radius 3 is 2.79 bits per heavy atom. The van der Waals surface area contributed by atoms with Crippen LogP contribution < -0.4 is 5.73 Å². The Labute approximate surface area is 112 Å². The van der Waals surface area contributed by atoms with Crippen LogP contribution in [-0.2, 0) is 7.05 Å². The summed E-state index contributed by atoms with van der Waals surface area (Å²) in [5, 5.41) is 15.5. The maximum Gasteiger partial charge on any atom is 0.274 e. The van der Waals surface area contributed by atoms with Crippen molar-refractivity contribution in [2.45, 2.75) is 20.3 Å².